The molecule has 2 heterocycles. The Morgan fingerprint density at radius 1 is 1.07 bits per heavy atom. The molecule has 2 nitrogen and oxygen atoms in total. The van der Waals surface area contributed by atoms with Crippen molar-refractivity contribution in [2.24, 2.45) is 17.8 Å². The highest BCUT2D eigenvalue weighted by molar-refractivity contribution is 4.85. The molecule has 0 aromatic carbocycles. The molecule has 2 N–H and O–H groups in total. The smallest absolute Gasteiger partial charge is 0.00414 e. The number of nitrogens with one attached hydrogen (secondary N) is 2. The summed E-state index contributed by atoms with van der Waals surface area (Å²) in [7, 11) is 0. The quantitative estimate of drug-likeness (QED) is 0.666. The van der Waals surface area contributed by atoms with Crippen molar-refractivity contribution in [3.63, 3.8) is 0 Å². The van der Waals surface area contributed by atoms with Gasteiger partial charge in [0.1, 0.15) is 0 Å². The first-order valence-corrected chi connectivity index (χ1v) is 6.21. The first kappa shape index (κ1) is 10.4. The molecule has 0 aromatic heterocycles. The van der Waals surface area contributed by atoms with Gasteiger partial charge in [0.15, 0.2) is 0 Å². The molecular weight excluding hydrogens is 172 g/mol. The lowest BCUT2D eigenvalue weighted by molar-refractivity contribution is 0.141. The summed E-state index contributed by atoms with van der Waals surface area (Å²) >= 11 is 0. The van der Waals surface area contributed by atoms with Crippen LogP contribution in [0.1, 0.15) is 33.1 Å². The number of hydrogen-bond donors (Lipinski definition) is 2. The van der Waals surface area contributed by atoms with Crippen molar-refractivity contribution in [1.29, 1.82) is 0 Å². The average molecular weight is 196 g/mol. The summed E-state index contributed by atoms with van der Waals surface area (Å²) in [6.45, 7) is 8.47. The minimum Gasteiger partial charge on any atom is -0.316 e. The second kappa shape index (κ2) is 4.63. The Bertz CT molecular complexity index is 181. The maximum absolute atomic E-state index is 3.55. The highest BCUT2D eigenvalue weighted by Gasteiger charge is 2.31. The molecular formula is C12H24N2. The van der Waals surface area contributed by atoms with E-state index in [2.05, 4.69) is 24.5 Å². The first-order valence-electron chi connectivity index (χ1n) is 6.21. The predicted molar refractivity (Wildman–Crippen MR) is 60.3 cm³/mol. The van der Waals surface area contributed by atoms with Crippen LogP contribution in [-0.4, -0.2) is 25.7 Å². The van der Waals surface area contributed by atoms with Crippen LogP contribution in [-0.2, 0) is 0 Å². The maximum atomic E-state index is 3.55. The second-order valence-corrected chi connectivity index (χ2v) is 5.27. The molecule has 0 radical (unpaired) electrons. The van der Waals surface area contributed by atoms with Crippen LogP contribution in [0.4, 0.5) is 0 Å². The third-order valence-electron chi connectivity index (χ3n) is 4.12. The van der Waals surface area contributed by atoms with Crippen molar-refractivity contribution in [3.05, 3.63) is 0 Å². The summed E-state index contributed by atoms with van der Waals surface area (Å²) in [5, 5.41) is 7.05. The van der Waals surface area contributed by atoms with Crippen LogP contribution >= 0.6 is 0 Å². The Morgan fingerprint density at radius 2 is 1.93 bits per heavy atom. The highest BCUT2D eigenvalue weighted by atomic mass is 14.9. The molecule has 0 spiro atoms. The van der Waals surface area contributed by atoms with Gasteiger partial charge < -0.3 is 10.6 Å². The van der Waals surface area contributed by atoms with Crippen LogP contribution in [0, 0.1) is 17.8 Å². The van der Waals surface area contributed by atoms with E-state index in [1.165, 1.54) is 38.9 Å². The highest BCUT2D eigenvalue weighted by Crippen LogP contribution is 2.33. The summed E-state index contributed by atoms with van der Waals surface area (Å²) in [5.74, 6) is 2.86. The fourth-order valence-corrected chi connectivity index (χ4v) is 3.29. The molecule has 0 bridgehead atoms. The molecule has 2 aliphatic rings. The van der Waals surface area contributed by atoms with E-state index in [4.69, 9.17) is 0 Å². The number of rotatable bonds is 1. The van der Waals surface area contributed by atoms with Crippen LogP contribution in [0.3, 0.4) is 0 Å². The normalized spacial score (nSPS) is 45.0. The molecule has 0 aliphatic carbocycles. The molecule has 14 heavy (non-hydrogen) atoms. The van der Waals surface area contributed by atoms with Gasteiger partial charge in [-0.3, -0.25) is 0 Å². The molecule has 0 saturated carbocycles. The Hall–Kier alpha value is -0.0800. The zero-order valence-electron chi connectivity index (χ0n) is 9.55. The molecule has 2 saturated heterocycles. The van der Waals surface area contributed by atoms with Crippen LogP contribution < -0.4 is 10.6 Å². The minimum atomic E-state index is 0.746. The van der Waals surface area contributed by atoms with Crippen LogP contribution in [0.15, 0.2) is 0 Å². The molecule has 2 rings (SSSR count). The summed E-state index contributed by atoms with van der Waals surface area (Å²) in [6, 6.07) is 0.746. The van der Waals surface area contributed by atoms with Gasteiger partial charge in [0.25, 0.3) is 0 Å². The van der Waals surface area contributed by atoms with Gasteiger partial charge in [-0.25, -0.2) is 0 Å². The minimum absolute atomic E-state index is 0.746. The fourth-order valence-electron chi connectivity index (χ4n) is 3.29. The molecule has 4 atom stereocenters. The summed E-state index contributed by atoms with van der Waals surface area (Å²) in [6.07, 6.45) is 4.20. The Morgan fingerprint density at radius 3 is 2.64 bits per heavy atom. The Balaban J connectivity index is 1.91. The van der Waals surface area contributed by atoms with E-state index in [0.717, 1.165) is 23.8 Å². The first-order chi connectivity index (χ1) is 6.77. The molecule has 2 heteroatoms. The van der Waals surface area contributed by atoms with Crippen LogP contribution in [0.5, 0.6) is 0 Å². The largest absolute Gasteiger partial charge is 0.316 e. The summed E-state index contributed by atoms with van der Waals surface area (Å²) in [5.41, 5.74) is 0. The monoisotopic (exact) mass is 196 g/mol. The summed E-state index contributed by atoms with van der Waals surface area (Å²) < 4.78 is 0. The van der Waals surface area contributed by atoms with E-state index in [9.17, 15) is 0 Å². The van der Waals surface area contributed by atoms with E-state index < -0.39 is 0 Å². The molecule has 2 fully saturated rings. The van der Waals surface area contributed by atoms with Gasteiger partial charge in [-0.2, -0.15) is 0 Å². The zero-order valence-corrected chi connectivity index (χ0v) is 9.55. The van der Waals surface area contributed by atoms with E-state index in [1.807, 2.05) is 0 Å². The Kier molecular flexibility index (Phi) is 3.45. The molecule has 82 valence electrons. The van der Waals surface area contributed by atoms with E-state index in [1.54, 1.807) is 0 Å². The van der Waals surface area contributed by atoms with Crippen molar-refractivity contribution in [2.45, 2.75) is 39.2 Å². The van der Waals surface area contributed by atoms with Gasteiger partial charge >= 0.3 is 0 Å². The lowest BCUT2D eigenvalue weighted by Crippen LogP contribution is -2.44. The van der Waals surface area contributed by atoms with Crippen molar-refractivity contribution >= 4 is 0 Å². The van der Waals surface area contributed by atoms with E-state index in [-0.39, 0.29) is 0 Å². The molecule has 2 aliphatic heterocycles. The summed E-state index contributed by atoms with van der Waals surface area (Å²) in [4.78, 5) is 0. The van der Waals surface area contributed by atoms with Crippen molar-refractivity contribution < 1.29 is 0 Å². The van der Waals surface area contributed by atoms with Crippen molar-refractivity contribution in [1.82, 2.24) is 10.6 Å². The van der Waals surface area contributed by atoms with E-state index in [0.29, 0.717) is 0 Å². The standard InChI is InChI=1S/C12H24N2/c1-9-8-13-5-4-12(9)11-3-6-14-10(2)7-11/h9-14H,3-8H2,1-2H3. The van der Waals surface area contributed by atoms with Crippen molar-refractivity contribution in [3.8, 4) is 0 Å². The van der Waals surface area contributed by atoms with E-state index >= 15 is 0 Å². The van der Waals surface area contributed by atoms with Gasteiger partial charge in [0.2, 0.25) is 0 Å². The maximum Gasteiger partial charge on any atom is 0.00414 e. The molecule has 4 unspecified atom stereocenters. The number of piperidine rings is 2. The van der Waals surface area contributed by atoms with Crippen LogP contribution in [0.25, 0.3) is 0 Å². The second-order valence-electron chi connectivity index (χ2n) is 5.27. The third-order valence-corrected chi connectivity index (χ3v) is 4.12. The Labute approximate surface area is 87.8 Å². The fraction of sp³-hybridized carbons (Fsp3) is 1.00. The zero-order chi connectivity index (χ0) is 9.97. The third kappa shape index (κ3) is 2.29. The van der Waals surface area contributed by atoms with Gasteiger partial charge in [0, 0.05) is 6.04 Å². The SMILES string of the molecule is CC1CC(C2CCNCC2C)CCN1. The molecule has 0 aromatic rings. The van der Waals surface area contributed by atoms with Gasteiger partial charge in [0.05, 0.1) is 0 Å². The predicted octanol–water partition coefficient (Wildman–Crippen LogP) is 1.62. The van der Waals surface area contributed by atoms with Gasteiger partial charge in [-0.05, 0) is 63.6 Å². The van der Waals surface area contributed by atoms with Crippen molar-refractivity contribution in [2.75, 3.05) is 19.6 Å². The van der Waals surface area contributed by atoms with Gasteiger partial charge in [-0.1, -0.05) is 6.92 Å². The number of hydrogen-bond acceptors (Lipinski definition) is 2. The topological polar surface area (TPSA) is 24.1 Å². The van der Waals surface area contributed by atoms with Crippen LogP contribution in [0.2, 0.25) is 0 Å². The lowest BCUT2D eigenvalue weighted by Gasteiger charge is -2.39. The lowest BCUT2D eigenvalue weighted by atomic mass is 9.73. The molecule has 0 amide bonds. The average Bonchev–Trinajstić information content (AvgIpc) is 2.18. The van der Waals surface area contributed by atoms with Gasteiger partial charge in [-0.15, -0.1) is 0 Å².